The maximum absolute atomic E-state index is 5.76. The lowest BCUT2D eigenvalue weighted by Crippen LogP contribution is -2.06. The molecule has 0 bridgehead atoms. The molecule has 2 heterocycles. The van der Waals surface area contributed by atoms with Crippen molar-refractivity contribution >= 4 is 5.82 Å². The second kappa shape index (κ2) is 4.78. The highest BCUT2D eigenvalue weighted by Crippen LogP contribution is 2.24. The first-order valence-corrected chi connectivity index (χ1v) is 5.35. The summed E-state index contributed by atoms with van der Waals surface area (Å²) in [5.41, 5.74) is 7.18. The summed E-state index contributed by atoms with van der Waals surface area (Å²) in [4.78, 5) is 12.3. The van der Waals surface area contributed by atoms with Crippen LogP contribution in [0.1, 0.15) is 13.8 Å². The molecule has 5 nitrogen and oxygen atoms in total. The fourth-order valence-electron chi connectivity index (χ4n) is 1.46. The van der Waals surface area contributed by atoms with Crippen LogP contribution in [0.2, 0.25) is 0 Å². The molecule has 0 aromatic carbocycles. The third kappa shape index (κ3) is 2.69. The number of hydrogen-bond acceptors (Lipinski definition) is 5. The number of hydrogen-bond donors (Lipinski definition) is 1. The van der Waals surface area contributed by atoms with Gasteiger partial charge in [-0.1, -0.05) is 0 Å². The van der Waals surface area contributed by atoms with Gasteiger partial charge in [0.15, 0.2) is 0 Å². The van der Waals surface area contributed by atoms with Gasteiger partial charge in [0.25, 0.3) is 0 Å². The molecule has 0 unspecified atom stereocenters. The second-order valence-corrected chi connectivity index (χ2v) is 3.87. The van der Waals surface area contributed by atoms with E-state index in [1.807, 2.05) is 19.9 Å². The van der Waals surface area contributed by atoms with Gasteiger partial charge in [-0.2, -0.15) is 0 Å². The van der Waals surface area contributed by atoms with Crippen LogP contribution in [0.5, 0.6) is 5.75 Å². The maximum Gasteiger partial charge on any atom is 0.150 e. The number of rotatable bonds is 3. The number of ether oxygens (including phenoxy) is 1. The molecule has 0 spiro atoms. The normalized spacial score (nSPS) is 10.5. The Morgan fingerprint density at radius 1 is 1.18 bits per heavy atom. The fourth-order valence-corrected chi connectivity index (χ4v) is 1.46. The van der Waals surface area contributed by atoms with Crippen molar-refractivity contribution in [3.8, 4) is 17.0 Å². The summed E-state index contributed by atoms with van der Waals surface area (Å²) in [6, 6.07) is 1.85. The van der Waals surface area contributed by atoms with Gasteiger partial charge in [0, 0.05) is 24.2 Å². The number of anilines is 1. The molecule has 2 aromatic rings. The van der Waals surface area contributed by atoms with Crippen molar-refractivity contribution in [2.45, 2.75) is 20.0 Å². The van der Waals surface area contributed by atoms with Crippen molar-refractivity contribution in [2.75, 3.05) is 5.73 Å². The van der Waals surface area contributed by atoms with Gasteiger partial charge >= 0.3 is 0 Å². The summed E-state index contributed by atoms with van der Waals surface area (Å²) < 4.78 is 5.56. The van der Waals surface area contributed by atoms with Gasteiger partial charge < -0.3 is 10.5 Å². The van der Waals surface area contributed by atoms with Gasteiger partial charge in [0.2, 0.25) is 0 Å². The van der Waals surface area contributed by atoms with Crippen LogP contribution in [0.15, 0.2) is 30.9 Å². The van der Waals surface area contributed by atoms with Gasteiger partial charge in [-0.15, -0.1) is 0 Å². The zero-order valence-electron chi connectivity index (χ0n) is 9.79. The average Bonchev–Trinajstić information content (AvgIpc) is 2.29. The number of nitrogen functional groups attached to an aromatic ring is 1. The topological polar surface area (TPSA) is 73.9 Å². The predicted octanol–water partition coefficient (Wildman–Crippen LogP) is 1.91. The van der Waals surface area contributed by atoms with Crippen molar-refractivity contribution in [3.63, 3.8) is 0 Å². The lowest BCUT2D eigenvalue weighted by molar-refractivity contribution is 0.241. The minimum atomic E-state index is 0.103. The fraction of sp³-hybridized carbons (Fsp3) is 0.250. The van der Waals surface area contributed by atoms with Crippen molar-refractivity contribution in [2.24, 2.45) is 0 Å². The molecular weight excluding hydrogens is 216 g/mol. The van der Waals surface area contributed by atoms with E-state index in [4.69, 9.17) is 10.5 Å². The summed E-state index contributed by atoms with van der Waals surface area (Å²) >= 11 is 0. The van der Waals surface area contributed by atoms with Crippen LogP contribution in [0.3, 0.4) is 0 Å². The Hall–Kier alpha value is -2.17. The summed E-state index contributed by atoms with van der Waals surface area (Å²) in [5, 5.41) is 0. The molecule has 0 saturated heterocycles. The van der Waals surface area contributed by atoms with Gasteiger partial charge in [-0.05, 0) is 19.9 Å². The second-order valence-electron chi connectivity index (χ2n) is 3.87. The Morgan fingerprint density at radius 2 is 1.94 bits per heavy atom. The third-order valence-electron chi connectivity index (χ3n) is 2.08. The molecule has 17 heavy (non-hydrogen) atoms. The van der Waals surface area contributed by atoms with Gasteiger partial charge in [-0.3, -0.25) is 9.97 Å². The minimum absolute atomic E-state index is 0.103. The standard InChI is InChI=1S/C12H14N4O/c1-8(2)17-10-5-9(6-14-7-10)11-12(13)16-4-3-15-11/h3-8H,1-2H3,(H2,13,16). The lowest BCUT2D eigenvalue weighted by atomic mass is 10.2. The van der Waals surface area contributed by atoms with Crippen LogP contribution in [-0.2, 0) is 0 Å². The molecule has 0 fully saturated rings. The van der Waals surface area contributed by atoms with E-state index in [0.717, 1.165) is 5.56 Å². The molecule has 0 saturated carbocycles. The van der Waals surface area contributed by atoms with Crippen LogP contribution in [0.25, 0.3) is 11.3 Å². The molecule has 5 heteroatoms. The smallest absolute Gasteiger partial charge is 0.150 e. The first-order valence-electron chi connectivity index (χ1n) is 5.35. The van der Waals surface area contributed by atoms with Crippen LogP contribution in [0, 0.1) is 0 Å². The van der Waals surface area contributed by atoms with Crippen LogP contribution < -0.4 is 10.5 Å². The van der Waals surface area contributed by atoms with E-state index in [1.165, 1.54) is 0 Å². The quantitative estimate of drug-likeness (QED) is 0.871. The Labute approximate surface area is 99.7 Å². The monoisotopic (exact) mass is 230 g/mol. The molecule has 2 aromatic heterocycles. The van der Waals surface area contributed by atoms with E-state index < -0.39 is 0 Å². The van der Waals surface area contributed by atoms with Gasteiger partial charge in [-0.25, -0.2) is 4.98 Å². The van der Waals surface area contributed by atoms with E-state index in [0.29, 0.717) is 17.3 Å². The molecule has 0 radical (unpaired) electrons. The number of pyridine rings is 1. The SMILES string of the molecule is CC(C)Oc1cncc(-c2nccnc2N)c1. The van der Waals surface area contributed by atoms with Gasteiger partial charge in [0.1, 0.15) is 17.3 Å². The van der Waals surface area contributed by atoms with E-state index >= 15 is 0 Å². The molecule has 2 rings (SSSR count). The lowest BCUT2D eigenvalue weighted by Gasteiger charge is -2.10. The van der Waals surface area contributed by atoms with E-state index in [9.17, 15) is 0 Å². The molecule has 0 amide bonds. The van der Waals surface area contributed by atoms with Crippen LogP contribution >= 0.6 is 0 Å². The average molecular weight is 230 g/mol. The first-order chi connectivity index (χ1) is 8.16. The van der Waals surface area contributed by atoms with E-state index in [2.05, 4.69) is 15.0 Å². The summed E-state index contributed by atoms with van der Waals surface area (Å²) in [6.45, 7) is 3.92. The molecule has 0 aliphatic rings. The van der Waals surface area contributed by atoms with Gasteiger partial charge in [0.05, 0.1) is 12.3 Å². The zero-order chi connectivity index (χ0) is 12.3. The molecule has 88 valence electrons. The van der Waals surface area contributed by atoms with E-state index in [-0.39, 0.29) is 6.10 Å². The molecule has 2 N–H and O–H groups in total. The molecule has 0 aliphatic heterocycles. The largest absolute Gasteiger partial charge is 0.489 e. The molecule has 0 atom stereocenters. The predicted molar refractivity (Wildman–Crippen MR) is 65.4 cm³/mol. The Kier molecular flexibility index (Phi) is 3.18. The summed E-state index contributed by atoms with van der Waals surface area (Å²) in [5.74, 6) is 1.08. The Morgan fingerprint density at radius 3 is 2.65 bits per heavy atom. The van der Waals surface area contributed by atoms with Crippen LogP contribution in [0.4, 0.5) is 5.82 Å². The Balaban J connectivity index is 2.37. The highest BCUT2D eigenvalue weighted by atomic mass is 16.5. The number of nitrogens with two attached hydrogens (primary N) is 1. The minimum Gasteiger partial charge on any atom is -0.489 e. The highest BCUT2D eigenvalue weighted by Gasteiger charge is 2.07. The van der Waals surface area contributed by atoms with Crippen molar-refractivity contribution < 1.29 is 4.74 Å². The van der Waals surface area contributed by atoms with E-state index in [1.54, 1.807) is 24.8 Å². The molecular formula is C12H14N4O. The maximum atomic E-state index is 5.76. The van der Waals surface area contributed by atoms with Crippen molar-refractivity contribution in [3.05, 3.63) is 30.9 Å². The summed E-state index contributed by atoms with van der Waals surface area (Å²) in [7, 11) is 0. The molecule has 0 aliphatic carbocycles. The Bertz CT molecular complexity index is 513. The summed E-state index contributed by atoms with van der Waals surface area (Å²) in [6.07, 6.45) is 6.61. The third-order valence-corrected chi connectivity index (χ3v) is 2.08. The van der Waals surface area contributed by atoms with Crippen LogP contribution in [-0.4, -0.2) is 21.1 Å². The van der Waals surface area contributed by atoms with Crippen molar-refractivity contribution in [1.29, 1.82) is 0 Å². The first kappa shape index (κ1) is 11.3. The number of aromatic nitrogens is 3. The highest BCUT2D eigenvalue weighted by molar-refractivity contribution is 5.69. The van der Waals surface area contributed by atoms with Crippen molar-refractivity contribution in [1.82, 2.24) is 15.0 Å². The number of nitrogens with zero attached hydrogens (tertiary/aromatic N) is 3. The zero-order valence-corrected chi connectivity index (χ0v) is 9.79.